The number of aromatic amines is 1. The first-order chi connectivity index (χ1) is 25.3. The number of nitrogens with one attached hydrogen (secondary N) is 2. The van der Waals surface area contributed by atoms with Crippen LogP contribution in [0, 0.1) is 12.8 Å². The summed E-state index contributed by atoms with van der Waals surface area (Å²) in [6.07, 6.45) is 11.9. The molecule has 0 bridgehead atoms. The van der Waals surface area contributed by atoms with Gasteiger partial charge < -0.3 is 24.6 Å². The van der Waals surface area contributed by atoms with Crippen LogP contribution in [-0.4, -0.2) is 109 Å². The second-order valence-electron chi connectivity index (χ2n) is 15.3. The molecule has 8 rings (SSSR count). The van der Waals surface area contributed by atoms with E-state index in [2.05, 4.69) is 54.9 Å². The van der Waals surface area contributed by atoms with E-state index in [0.717, 1.165) is 96.2 Å². The number of benzene rings is 2. The van der Waals surface area contributed by atoms with Crippen LogP contribution in [0.2, 0.25) is 0 Å². The standard InChI is InChI=1S/C40H49N9O3/c1-26-19-27(20-32-24-41-44-37(26)32)21-35(39(51)48-17-11-33(12-18-48)47-13-9-29(10-14-47)38-45-42-25-46(38)2)43-40(52)49-15-7-28(8-16-49)34-22-30-5-3-4-6-31(30)23-36(34)50/h3-6,19-20,22,24-25,28-29,33,35H,7-18,21,23H2,1-2H3,(H,41,44)(H,43,52)/t35-/m1/s1. The minimum Gasteiger partial charge on any atom is -0.341 e. The predicted molar refractivity (Wildman–Crippen MR) is 198 cm³/mol. The molecule has 4 aromatic rings. The highest BCUT2D eigenvalue weighted by atomic mass is 16.2. The first kappa shape index (κ1) is 34.3. The Balaban J connectivity index is 0.911. The maximum Gasteiger partial charge on any atom is 0.318 e. The molecule has 0 unspecified atom stereocenters. The second-order valence-corrected chi connectivity index (χ2v) is 15.3. The summed E-state index contributed by atoms with van der Waals surface area (Å²) in [5, 5.41) is 19.9. The van der Waals surface area contributed by atoms with Gasteiger partial charge in [-0.25, -0.2) is 4.79 Å². The summed E-state index contributed by atoms with van der Waals surface area (Å²) in [6, 6.07) is 11.8. The number of rotatable bonds is 7. The van der Waals surface area contributed by atoms with Crippen molar-refractivity contribution in [2.45, 2.75) is 76.3 Å². The lowest BCUT2D eigenvalue weighted by Gasteiger charge is -2.42. The Morgan fingerprint density at radius 1 is 0.942 bits per heavy atom. The largest absolute Gasteiger partial charge is 0.341 e. The van der Waals surface area contributed by atoms with Crippen molar-refractivity contribution in [1.82, 2.24) is 45.0 Å². The normalized spacial score (nSPS) is 20.2. The molecular formula is C40H49N9O3. The van der Waals surface area contributed by atoms with Crippen molar-refractivity contribution in [3.63, 3.8) is 0 Å². The van der Waals surface area contributed by atoms with Gasteiger partial charge in [-0.3, -0.25) is 14.7 Å². The number of piperidine rings is 3. The molecule has 0 saturated carbocycles. The van der Waals surface area contributed by atoms with Crippen molar-refractivity contribution < 1.29 is 14.4 Å². The number of likely N-dealkylation sites (tertiary alicyclic amines) is 3. The fraction of sp³-hybridized carbons (Fsp3) is 0.500. The molecule has 3 amide bonds. The van der Waals surface area contributed by atoms with Gasteiger partial charge in [0.25, 0.3) is 0 Å². The quantitative estimate of drug-likeness (QED) is 0.292. The number of aromatic nitrogens is 5. The SMILES string of the molecule is Cc1cc(C[C@@H](NC(=O)N2CCC(C3=Cc4ccccc4CC3=O)CC2)C(=O)N2CCC(N3CCC(c4nncn4C)CC3)CC2)cc2cn[nH]c12. The number of carbonyl (C=O) groups is 3. The molecule has 1 aliphatic carbocycles. The van der Waals surface area contributed by atoms with Gasteiger partial charge in [0, 0.05) is 63.4 Å². The predicted octanol–water partition coefficient (Wildman–Crippen LogP) is 4.41. The summed E-state index contributed by atoms with van der Waals surface area (Å²) in [6.45, 7) is 6.54. The van der Waals surface area contributed by atoms with Crippen LogP contribution >= 0.6 is 0 Å². The topological polar surface area (TPSA) is 132 Å². The van der Waals surface area contributed by atoms with Gasteiger partial charge in [-0.15, -0.1) is 10.2 Å². The molecule has 272 valence electrons. The minimum atomic E-state index is -0.688. The van der Waals surface area contributed by atoms with Gasteiger partial charge in [0.15, 0.2) is 5.78 Å². The summed E-state index contributed by atoms with van der Waals surface area (Å²) in [5.41, 5.74) is 6.12. The van der Waals surface area contributed by atoms with Crippen LogP contribution in [0.15, 0.2) is 54.5 Å². The third-order valence-corrected chi connectivity index (χ3v) is 12.0. The Hall–Kier alpha value is -4.84. The van der Waals surface area contributed by atoms with Crippen molar-refractivity contribution in [2.75, 3.05) is 39.3 Å². The summed E-state index contributed by atoms with van der Waals surface area (Å²) < 4.78 is 2.03. The van der Waals surface area contributed by atoms with Crippen LogP contribution in [0.3, 0.4) is 0 Å². The van der Waals surface area contributed by atoms with E-state index in [1.165, 1.54) is 0 Å². The number of nitrogens with zero attached hydrogens (tertiary/aromatic N) is 7. The first-order valence-electron chi connectivity index (χ1n) is 19.0. The van der Waals surface area contributed by atoms with Gasteiger partial charge in [-0.05, 0) is 104 Å². The number of urea groups is 1. The number of allylic oxidation sites excluding steroid dienone is 1. The zero-order valence-corrected chi connectivity index (χ0v) is 30.3. The molecule has 4 aliphatic rings. The van der Waals surface area contributed by atoms with E-state index in [4.69, 9.17) is 0 Å². The molecule has 5 heterocycles. The molecule has 12 heteroatoms. The van der Waals surface area contributed by atoms with E-state index in [9.17, 15) is 14.4 Å². The van der Waals surface area contributed by atoms with Crippen LogP contribution < -0.4 is 5.32 Å². The number of hydrogen-bond acceptors (Lipinski definition) is 7. The Morgan fingerprint density at radius 3 is 2.42 bits per heavy atom. The van der Waals surface area contributed by atoms with E-state index in [1.807, 2.05) is 46.5 Å². The van der Waals surface area contributed by atoms with Crippen LogP contribution in [0.1, 0.15) is 72.5 Å². The van der Waals surface area contributed by atoms with Crippen LogP contribution in [0.5, 0.6) is 0 Å². The highest BCUT2D eigenvalue weighted by Gasteiger charge is 2.36. The van der Waals surface area contributed by atoms with Crippen molar-refractivity contribution in [3.05, 3.63) is 82.6 Å². The van der Waals surface area contributed by atoms with Gasteiger partial charge in [0.2, 0.25) is 5.91 Å². The maximum absolute atomic E-state index is 14.3. The Morgan fingerprint density at radius 2 is 1.67 bits per heavy atom. The fourth-order valence-corrected chi connectivity index (χ4v) is 9.06. The Kier molecular flexibility index (Phi) is 9.65. The lowest BCUT2D eigenvalue weighted by Crippen LogP contribution is -2.56. The highest BCUT2D eigenvalue weighted by Crippen LogP contribution is 2.33. The van der Waals surface area contributed by atoms with E-state index in [1.54, 1.807) is 12.5 Å². The molecule has 2 N–H and O–H groups in total. The second kappa shape index (κ2) is 14.7. The number of aryl methyl sites for hydroxylation is 2. The fourth-order valence-electron chi connectivity index (χ4n) is 9.06. The van der Waals surface area contributed by atoms with Gasteiger partial charge >= 0.3 is 6.03 Å². The van der Waals surface area contributed by atoms with Gasteiger partial charge in [0.05, 0.1) is 11.7 Å². The van der Waals surface area contributed by atoms with E-state index < -0.39 is 6.04 Å². The zero-order valence-electron chi connectivity index (χ0n) is 30.3. The number of H-pyrrole nitrogens is 1. The van der Waals surface area contributed by atoms with Crippen molar-refractivity contribution >= 4 is 34.7 Å². The number of ketones is 1. The zero-order chi connectivity index (χ0) is 35.8. The lowest BCUT2D eigenvalue weighted by molar-refractivity contribution is -0.135. The lowest BCUT2D eigenvalue weighted by atomic mass is 9.80. The molecule has 0 radical (unpaired) electrons. The van der Waals surface area contributed by atoms with Crippen molar-refractivity contribution in [3.8, 4) is 0 Å². The number of carbonyl (C=O) groups excluding carboxylic acids is 3. The summed E-state index contributed by atoms with van der Waals surface area (Å²) in [4.78, 5) is 47.6. The van der Waals surface area contributed by atoms with E-state index in [-0.39, 0.29) is 23.6 Å². The average molecular weight is 704 g/mol. The Bertz CT molecular complexity index is 1970. The monoisotopic (exact) mass is 703 g/mol. The number of hydrogen-bond donors (Lipinski definition) is 2. The molecule has 2 aromatic carbocycles. The number of fused-ring (bicyclic) bond motifs is 2. The van der Waals surface area contributed by atoms with Gasteiger partial charge in [-0.2, -0.15) is 5.10 Å². The smallest absolute Gasteiger partial charge is 0.318 e. The van der Waals surface area contributed by atoms with Crippen LogP contribution in [0.4, 0.5) is 4.79 Å². The van der Waals surface area contributed by atoms with Crippen LogP contribution in [-0.2, 0) is 29.5 Å². The average Bonchev–Trinajstić information content (AvgIpc) is 3.83. The van der Waals surface area contributed by atoms with E-state index >= 15 is 0 Å². The number of Topliss-reactive ketones (excluding diaryl/α,β-unsaturated/α-hetero) is 1. The molecule has 3 aliphatic heterocycles. The highest BCUT2D eigenvalue weighted by molar-refractivity contribution is 6.04. The minimum absolute atomic E-state index is 0.0238. The molecule has 2 aromatic heterocycles. The molecule has 0 spiro atoms. The Labute approximate surface area is 304 Å². The third kappa shape index (κ3) is 7.00. The molecule has 3 fully saturated rings. The van der Waals surface area contributed by atoms with Crippen LogP contribution in [0.25, 0.3) is 17.0 Å². The summed E-state index contributed by atoms with van der Waals surface area (Å²) in [5.74, 6) is 1.81. The van der Waals surface area contributed by atoms with Crippen molar-refractivity contribution in [2.24, 2.45) is 13.0 Å². The van der Waals surface area contributed by atoms with Gasteiger partial charge in [0.1, 0.15) is 18.2 Å². The summed E-state index contributed by atoms with van der Waals surface area (Å²) in [7, 11) is 2.02. The number of amides is 3. The summed E-state index contributed by atoms with van der Waals surface area (Å²) >= 11 is 0. The van der Waals surface area contributed by atoms with Crippen molar-refractivity contribution in [1.29, 1.82) is 0 Å². The molecule has 1 atom stereocenters. The molecular weight excluding hydrogens is 654 g/mol. The van der Waals surface area contributed by atoms with Gasteiger partial charge in [-0.1, -0.05) is 30.3 Å². The maximum atomic E-state index is 14.3. The third-order valence-electron chi connectivity index (χ3n) is 12.0. The molecule has 52 heavy (non-hydrogen) atoms. The first-order valence-corrected chi connectivity index (χ1v) is 19.0. The van der Waals surface area contributed by atoms with E-state index in [0.29, 0.717) is 51.0 Å². The molecule has 3 saturated heterocycles. The molecule has 12 nitrogen and oxygen atoms in total.